The number of nitrogens with zero attached hydrogens (tertiary/aromatic N) is 7. The lowest BCUT2D eigenvalue weighted by molar-refractivity contribution is -0.132. The lowest BCUT2D eigenvalue weighted by atomic mass is 10.0. The molecule has 1 amide bonds. The number of amides is 1. The molecule has 0 fully saturated rings. The predicted octanol–water partition coefficient (Wildman–Crippen LogP) is 2.59. The quantitative estimate of drug-likeness (QED) is 0.540. The van der Waals surface area contributed by atoms with Gasteiger partial charge >= 0.3 is 0 Å². The highest BCUT2D eigenvalue weighted by molar-refractivity contribution is 5.95. The molecule has 4 heterocycles. The number of imidazole rings is 1. The molecule has 4 aromatic rings. The topological polar surface area (TPSA) is 73.8 Å². The summed E-state index contributed by atoms with van der Waals surface area (Å²) >= 11 is 0. The minimum absolute atomic E-state index is 0.185. The minimum Gasteiger partial charge on any atom is -0.335 e. The Balaban J connectivity index is 1.61. The Morgan fingerprint density at radius 1 is 1.14 bits per heavy atom. The van der Waals surface area contributed by atoms with Crippen LogP contribution >= 0.6 is 0 Å². The van der Waals surface area contributed by atoms with Crippen LogP contribution in [-0.4, -0.2) is 46.5 Å². The molecule has 0 saturated carbocycles. The molecule has 0 saturated heterocycles. The van der Waals surface area contributed by atoms with Crippen molar-refractivity contribution in [3.05, 3.63) is 42.6 Å². The second kappa shape index (κ2) is 6.58. The molecule has 0 atom stereocenters. The van der Waals surface area contributed by atoms with E-state index in [-0.39, 0.29) is 5.91 Å². The van der Waals surface area contributed by atoms with Crippen LogP contribution in [0.2, 0.25) is 0 Å². The van der Waals surface area contributed by atoms with Gasteiger partial charge in [-0.15, -0.1) is 0 Å². The molecule has 8 nitrogen and oxygen atoms in total. The Bertz CT molecular complexity index is 1230. The molecule has 1 aromatic carbocycles. The number of benzene rings is 1. The molecule has 3 aromatic heterocycles. The van der Waals surface area contributed by atoms with Crippen LogP contribution in [0.3, 0.4) is 0 Å². The molecule has 0 radical (unpaired) electrons. The molecule has 1 aliphatic rings. The zero-order valence-electron chi connectivity index (χ0n) is 16.8. The fourth-order valence-corrected chi connectivity index (χ4v) is 4.10. The second-order valence-corrected chi connectivity index (χ2v) is 7.51. The molecule has 0 unspecified atom stereocenters. The Hall–Kier alpha value is -3.42. The molecule has 0 N–H and O–H groups in total. The zero-order valence-corrected chi connectivity index (χ0v) is 16.8. The maximum Gasteiger partial charge on any atom is 0.222 e. The lowest BCUT2D eigenvalue weighted by Gasteiger charge is -2.28. The van der Waals surface area contributed by atoms with E-state index in [1.54, 1.807) is 4.68 Å². The van der Waals surface area contributed by atoms with Gasteiger partial charge in [0, 0.05) is 56.3 Å². The molecule has 5 rings (SSSR count). The number of hydrogen-bond donors (Lipinski definition) is 0. The average molecular weight is 389 g/mol. The van der Waals surface area contributed by atoms with Crippen molar-refractivity contribution in [3.63, 3.8) is 0 Å². The lowest BCUT2D eigenvalue weighted by Crippen LogP contribution is -2.37. The van der Waals surface area contributed by atoms with E-state index in [9.17, 15) is 4.79 Å². The normalized spacial score (nSPS) is 13.8. The highest BCUT2D eigenvalue weighted by Gasteiger charge is 2.24. The van der Waals surface area contributed by atoms with Gasteiger partial charge in [-0.2, -0.15) is 10.2 Å². The summed E-state index contributed by atoms with van der Waals surface area (Å²) in [5.74, 6) is 0.185. The number of carbonyl (C=O) groups is 1. The fourth-order valence-electron chi connectivity index (χ4n) is 4.10. The van der Waals surface area contributed by atoms with Crippen LogP contribution in [0.25, 0.3) is 33.4 Å². The van der Waals surface area contributed by atoms with E-state index in [0.29, 0.717) is 13.0 Å². The third-order valence-electron chi connectivity index (χ3n) is 5.65. The smallest absolute Gasteiger partial charge is 0.222 e. The van der Waals surface area contributed by atoms with Crippen LogP contribution in [-0.2, 0) is 32.0 Å². The highest BCUT2D eigenvalue weighted by Crippen LogP contribution is 2.33. The van der Waals surface area contributed by atoms with Gasteiger partial charge in [-0.3, -0.25) is 14.2 Å². The summed E-state index contributed by atoms with van der Waals surface area (Å²) in [5, 5.41) is 10.1. The molecular weight excluding hydrogens is 366 g/mol. The summed E-state index contributed by atoms with van der Waals surface area (Å²) < 4.78 is 5.83. The SMILES string of the molecule is CCC(=O)N1CCn2cnc(-c3ccc4c(c3)c(-c3cnn(C)c3)nn4C)c2C1. The van der Waals surface area contributed by atoms with Gasteiger partial charge in [-0.25, -0.2) is 4.98 Å². The monoisotopic (exact) mass is 389 g/mol. The summed E-state index contributed by atoms with van der Waals surface area (Å²) in [6, 6.07) is 6.32. The van der Waals surface area contributed by atoms with Crippen LogP contribution < -0.4 is 0 Å². The zero-order chi connectivity index (χ0) is 20.1. The molecule has 8 heteroatoms. The fraction of sp³-hybridized carbons (Fsp3) is 0.333. The molecule has 0 spiro atoms. The third-order valence-corrected chi connectivity index (χ3v) is 5.65. The highest BCUT2D eigenvalue weighted by atomic mass is 16.2. The van der Waals surface area contributed by atoms with E-state index in [0.717, 1.165) is 52.2 Å². The van der Waals surface area contributed by atoms with Gasteiger partial charge < -0.3 is 9.47 Å². The Morgan fingerprint density at radius 2 is 2.00 bits per heavy atom. The van der Waals surface area contributed by atoms with Crippen molar-refractivity contribution >= 4 is 16.8 Å². The molecule has 148 valence electrons. The van der Waals surface area contributed by atoms with Crippen molar-refractivity contribution in [2.24, 2.45) is 14.1 Å². The summed E-state index contributed by atoms with van der Waals surface area (Å²) in [6.45, 7) is 4.03. The maximum atomic E-state index is 12.2. The number of aromatic nitrogens is 6. The van der Waals surface area contributed by atoms with Crippen molar-refractivity contribution in [2.45, 2.75) is 26.4 Å². The number of hydrogen-bond acceptors (Lipinski definition) is 4. The summed E-state index contributed by atoms with van der Waals surface area (Å²) in [6.07, 6.45) is 6.22. The Labute approximate surface area is 168 Å². The van der Waals surface area contributed by atoms with Gasteiger partial charge in [0.15, 0.2) is 0 Å². The van der Waals surface area contributed by atoms with E-state index in [1.807, 2.05) is 49.3 Å². The largest absolute Gasteiger partial charge is 0.335 e. The molecule has 1 aliphatic heterocycles. The van der Waals surface area contributed by atoms with Gasteiger partial charge in [0.05, 0.1) is 36.0 Å². The Morgan fingerprint density at radius 3 is 2.76 bits per heavy atom. The van der Waals surface area contributed by atoms with Crippen molar-refractivity contribution < 1.29 is 4.79 Å². The van der Waals surface area contributed by atoms with Gasteiger partial charge in [0.1, 0.15) is 5.69 Å². The molecular formula is C21H23N7O. The standard InChI is InChI=1S/C21H23N7O/c1-4-19(29)27-7-8-28-13-22-21(18(28)12-27)14-5-6-17-16(9-14)20(24-26(17)3)15-10-23-25(2)11-15/h5-6,9-11,13H,4,7-8,12H2,1-3H3. The first kappa shape index (κ1) is 17.7. The number of aryl methyl sites for hydroxylation is 2. The van der Waals surface area contributed by atoms with Crippen LogP contribution in [0.1, 0.15) is 19.0 Å². The van der Waals surface area contributed by atoms with E-state index >= 15 is 0 Å². The minimum atomic E-state index is 0.185. The number of fused-ring (bicyclic) bond motifs is 2. The summed E-state index contributed by atoms with van der Waals surface area (Å²) in [5.41, 5.74) is 6.01. The first-order chi connectivity index (χ1) is 14.0. The van der Waals surface area contributed by atoms with Crippen LogP contribution in [0.5, 0.6) is 0 Å². The van der Waals surface area contributed by atoms with E-state index in [4.69, 9.17) is 5.10 Å². The van der Waals surface area contributed by atoms with Crippen LogP contribution in [0.15, 0.2) is 36.9 Å². The number of carbonyl (C=O) groups excluding carboxylic acids is 1. The van der Waals surface area contributed by atoms with Gasteiger partial charge in [-0.05, 0) is 12.1 Å². The Kier molecular flexibility index (Phi) is 4.01. The molecule has 0 bridgehead atoms. The van der Waals surface area contributed by atoms with E-state index in [2.05, 4.69) is 32.8 Å². The van der Waals surface area contributed by atoms with Crippen molar-refractivity contribution in [1.29, 1.82) is 0 Å². The van der Waals surface area contributed by atoms with Crippen molar-refractivity contribution in [2.75, 3.05) is 6.54 Å². The summed E-state index contributed by atoms with van der Waals surface area (Å²) in [7, 11) is 3.86. The second-order valence-electron chi connectivity index (χ2n) is 7.51. The maximum absolute atomic E-state index is 12.2. The molecule has 29 heavy (non-hydrogen) atoms. The summed E-state index contributed by atoms with van der Waals surface area (Å²) in [4.78, 5) is 18.8. The van der Waals surface area contributed by atoms with E-state index < -0.39 is 0 Å². The van der Waals surface area contributed by atoms with Crippen LogP contribution in [0, 0.1) is 0 Å². The van der Waals surface area contributed by atoms with Gasteiger partial charge in [-0.1, -0.05) is 13.0 Å². The van der Waals surface area contributed by atoms with Crippen molar-refractivity contribution in [3.8, 4) is 22.5 Å². The van der Waals surface area contributed by atoms with Crippen LogP contribution in [0.4, 0.5) is 0 Å². The third kappa shape index (κ3) is 2.83. The van der Waals surface area contributed by atoms with E-state index in [1.165, 1.54) is 0 Å². The molecule has 0 aliphatic carbocycles. The predicted molar refractivity (Wildman–Crippen MR) is 110 cm³/mol. The van der Waals surface area contributed by atoms with Crippen molar-refractivity contribution in [1.82, 2.24) is 34.0 Å². The van der Waals surface area contributed by atoms with Gasteiger partial charge in [0.25, 0.3) is 0 Å². The van der Waals surface area contributed by atoms with Gasteiger partial charge in [0.2, 0.25) is 5.91 Å². The average Bonchev–Trinajstić information content (AvgIpc) is 3.43. The first-order valence-corrected chi connectivity index (χ1v) is 9.83. The number of rotatable bonds is 3. The first-order valence-electron chi connectivity index (χ1n) is 9.83.